The average molecular weight is 472 g/mol. The first-order valence-electron chi connectivity index (χ1n) is 11.3. The molecule has 0 unspecified atom stereocenters. The van der Waals surface area contributed by atoms with Gasteiger partial charge < -0.3 is 10.2 Å². The Morgan fingerprint density at radius 2 is 1.73 bits per heavy atom. The number of hydrogen-bond donors (Lipinski definition) is 1. The summed E-state index contributed by atoms with van der Waals surface area (Å²) in [5.74, 6) is -0.645. The minimum Gasteiger partial charge on any atom is -0.352 e. The molecule has 178 valence electrons. The molecule has 1 aliphatic rings. The van der Waals surface area contributed by atoms with E-state index < -0.39 is 22.0 Å². The number of rotatable bonds is 9. The molecular weight excluding hydrogens is 438 g/mol. The van der Waals surface area contributed by atoms with Gasteiger partial charge in [0, 0.05) is 12.6 Å². The molecule has 0 radical (unpaired) electrons. The topological polar surface area (TPSA) is 86.8 Å². The highest BCUT2D eigenvalue weighted by Crippen LogP contribution is 2.20. The van der Waals surface area contributed by atoms with Crippen molar-refractivity contribution in [3.8, 4) is 0 Å². The highest BCUT2D eigenvalue weighted by Gasteiger charge is 2.31. The Hall–Kier alpha value is -2.87. The van der Waals surface area contributed by atoms with E-state index in [4.69, 9.17) is 0 Å². The van der Waals surface area contributed by atoms with E-state index in [2.05, 4.69) is 5.32 Å². The predicted molar refractivity (Wildman–Crippen MR) is 130 cm³/mol. The number of aryl methyl sites for hydroxylation is 1. The maximum Gasteiger partial charge on any atom is 0.244 e. The van der Waals surface area contributed by atoms with E-state index in [9.17, 15) is 18.0 Å². The molecule has 1 N–H and O–H groups in total. The number of sulfonamides is 1. The Morgan fingerprint density at radius 1 is 1.06 bits per heavy atom. The number of nitrogens with one attached hydrogen (secondary N) is 1. The largest absolute Gasteiger partial charge is 0.352 e. The molecule has 1 aliphatic carbocycles. The van der Waals surface area contributed by atoms with Gasteiger partial charge in [0.05, 0.1) is 11.9 Å². The van der Waals surface area contributed by atoms with Crippen LogP contribution in [0.3, 0.4) is 0 Å². The molecule has 0 heterocycles. The number of carbonyl (C=O) groups is 2. The van der Waals surface area contributed by atoms with Gasteiger partial charge in [-0.3, -0.25) is 13.9 Å². The van der Waals surface area contributed by atoms with E-state index in [1.54, 1.807) is 37.3 Å². The molecule has 33 heavy (non-hydrogen) atoms. The van der Waals surface area contributed by atoms with Crippen molar-refractivity contribution in [2.45, 2.75) is 58.2 Å². The number of para-hydroxylation sites is 1. The van der Waals surface area contributed by atoms with Crippen LogP contribution in [0.1, 0.15) is 43.7 Å². The fourth-order valence-corrected chi connectivity index (χ4v) is 5.04. The van der Waals surface area contributed by atoms with Gasteiger partial charge in [-0.15, -0.1) is 0 Å². The summed E-state index contributed by atoms with van der Waals surface area (Å²) in [4.78, 5) is 28.0. The molecule has 1 fully saturated rings. The van der Waals surface area contributed by atoms with Gasteiger partial charge in [0.1, 0.15) is 12.6 Å². The van der Waals surface area contributed by atoms with Crippen molar-refractivity contribution in [3.05, 3.63) is 65.7 Å². The standard InChI is InChI=1S/C25H33N3O4S/c1-19-10-9-11-21(16-19)17-27(20(2)25(30)26-22-12-7-8-13-22)24(29)18-28(33(3,31)32)23-14-5-4-6-15-23/h4-6,9-11,14-16,20,22H,7-8,12-13,17-18H2,1-3H3,(H,26,30)/t20-/m0/s1. The highest BCUT2D eigenvalue weighted by molar-refractivity contribution is 7.92. The van der Waals surface area contributed by atoms with Gasteiger partial charge in [-0.2, -0.15) is 0 Å². The lowest BCUT2D eigenvalue weighted by atomic mass is 10.1. The van der Waals surface area contributed by atoms with Crippen LogP contribution in [0, 0.1) is 6.92 Å². The van der Waals surface area contributed by atoms with Crippen molar-refractivity contribution in [3.63, 3.8) is 0 Å². The normalized spacial score (nSPS) is 15.1. The SMILES string of the molecule is Cc1cccc(CN(C(=O)CN(c2ccccc2)S(C)(=O)=O)[C@@H](C)C(=O)NC2CCCC2)c1. The van der Waals surface area contributed by atoms with Crippen LogP contribution in [0.2, 0.25) is 0 Å². The monoisotopic (exact) mass is 471 g/mol. The summed E-state index contributed by atoms with van der Waals surface area (Å²) in [6.07, 6.45) is 5.14. The molecule has 0 aliphatic heterocycles. The Labute approximate surface area is 196 Å². The second kappa shape index (κ2) is 10.8. The third-order valence-electron chi connectivity index (χ3n) is 6.03. The smallest absolute Gasteiger partial charge is 0.244 e. The summed E-state index contributed by atoms with van der Waals surface area (Å²) in [6, 6.07) is 15.7. The second-order valence-electron chi connectivity index (χ2n) is 8.78. The number of carbonyl (C=O) groups excluding carboxylic acids is 2. The molecule has 2 aromatic carbocycles. The van der Waals surface area contributed by atoms with Gasteiger partial charge in [-0.25, -0.2) is 8.42 Å². The van der Waals surface area contributed by atoms with Crippen LogP contribution in [-0.4, -0.2) is 50.0 Å². The number of amides is 2. The molecular formula is C25H33N3O4S. The lowest BCUT2D eigenvalue weighted by molar-refractivity contribution is -0.139. The first-order chi connectivity index (χ1) is 15.6. The predicted octanol–water partition coefficient (Wildman–Crippen LogP) is 3.24. The van der Waals surface area contributed by atoms with Gasteiger partial charge in [-0.1, -0.05) is 60.9 Å². The quantitative estimate of drug-likeness (QED) is 0.608. The van der Waals surface area contributed by atoms with Gasteiger partial charge in [0.25, 0.3) is 0 Å². The van der Waals surface area contributed by atoms with Crippen LogP contribution >= 0.6 is 0 Å². The molecule has 2 aromatic rings. The lowest BCUT2D eigenvalue weighted by Gasteiger charge is -2.32. The van der Waals surface area contributed by atoms with Crippen LogP contribution in [0.5, 0.6) is 0 Å². The zero-order valence-corrected chi connectivity index (χ0v) is 20.3. The zero-order valence-electron chi connectivity index (χ0n) is 19.5. The molecule has 1 atom stereocenters. The van der Waals surface area contributed by atoms with Gasteiger partial charge >= 0.3 is 0 Å². The summed E-state index contributed by atoms with van der Waals surface area (Å²) in [6.45, 7) is 3.50. The number of benzene rings is 2. The molecule has 7 nitrogen and oxygen atoms in total. The number of nitrogens with zero attached hydrogens (tertiary/aromatic N) is 2. The van der Waals surface area contributed by atoms with Gasteiger partial charge in [-0.05, 0) is 44.4 Å². The van der Waals surface area contributed by atoms with Crippen molar-refractivity contribution >= 4 is 27.5 Å². The molecule has 0 saturated heterocycles. The molecule has 1 saturated carbocycles. The first kappa shape index (κ1) is 24.8. The van der Waals surface area contributed by atoms with Crippen molar-refractivity contribution < 1.29 is 18.0 Å². The maximum atomic E-state index is 13.5. The highest BCUT2D eigenvalue weighted by atomic mass is 32.2. The fourth-order valence-electron chi connectivity index (χ4n) is 4.19. The molecule has 2 amide bonds. The van der Waals surface area contributed by atoms with Crippen molar-refractivity contribution in [2.75, 3.05) is 17.1 Å². The Morgan fingerprint density at radius 3 is 2.33 bits per heavy atom. The van der Waals surface area contributed by atoms with E-state index >= 15 is 0 Å². The summed E-state index contributed by atoms with van der Waals surface area (Å²) in [5, 5.41) is 3.06. The van der Waals surface area contributed by atoms with Crippen molar-refractivity contribution in [2.24, 2.45) is 0 Å². The second-order valence-corrected chi connectivity index (χ2v) is 10.7. The maximum absolute atomic E-state index is 13.5. The van der Waals surface area contributed by atoms with E-state index in [1.165, 1.54) is 4.90 Å². The third kappa shape index (κ3) is 6.81. The van der Waals surface area contributed by atoms with E-state index in [-0.39, 0.29) is 25.0 Å². The van der Waals surface area contributed by atoms with Crippen LogP contribution in [0.15, 0.2) is 54.6 Å². The molecule has 3 rings (SSSR count). The van der Waals surface area contributed by atoms with Gasteiger partial charge in [0.15, 0.2) is 0 Å². The van der Waals surface area contributed by atoms with Crippen LogP contribution in [0.4, 0.5) is 5.69 Å². The van der Waals surface area contributed by atoms with E-state index in [0.29, 0.717) is 5.69 Å². The van der Waals surface area contributed by atoms with Gasteiger partial charge in [0.2, 0.25) is 21.8 Å². The lowest BCUT2D eigenvalue weighted by Crippen LogP contribution is -2.52. The zero-order chi connectivity index (χ0) is 24.0. The molecule has 0 bridgehead atoms. The van der Waals surface area contributed by atoms with Crippen LogP contribution < -0.4 is 9.62 Å². The average Bonchev–Trinajstić information content (AvgIpc) is 3.28. The minimum absolute atomic E-state index is 0.132. The Balaban J connectivity index is 1.86. The van der Waals surface area contributed by atoms with E-state index in [0.717, 1.165) is 47.4 Å². The summed E-state index contributed by atoms with van der Waals surface area (Å²) >= 11 is 0. The molecule has 0 aromatic heterocycles. The molecule has 8 heteroatoms. The summed E-state index contributed by atoms with van der Waals surface area (Å²) in [7, 11) is -3.71. The van der Waals surface area contributed by atoms with E-state index in [1.807, 2.05) is 31.2 Å². The Kier molecular flexibility index (Phi) is 8.13. The fraction of sp³-hybridized carbons (Fsp3) is 0.440. The third-order valence-corrected chi connectivity index (χ3v) is 7.17. The number of hydrogen-bond acceptors (Lipinski definition) is 4. The Bertz CT molecular complexity index is 1070. The van der Waals surface area contributed by atoms with Crippen LogP contribution in [0.25, 0.3) is 0 Å². The number of anilines is 1. The van der Waals surface area contributed by atoms with Crippen LogP contribution in [-0.2, 0) is 26.2 Å². The summed E-state index contributed by atoms with van der Waals surface area (Å²) in [5.41, 5.74) is 2.34. The van der Waals surface area contributed by atoms with Crippen molar-refractivity contribution in [1.29, 1.82) is 0 Å². The first-order valence-corrected chi connectivity index (χ1v) is 13.2. The summed E-state index contributed by atoms with van der Waals surface area (Å²) < 4.78 is 26.1. The molecule has 0 spiro atoms. The van der Waals surface area contributed by atoms with Crippen molar-refractivity contribution in [1.82, 2.24) is 10.2 Å². The minimum atomic E-state index is -3.71.